The van der Waals surface area contributed by atoms with Crippen LogP contribution in [0.5, 0.6) is 0 Å². The van der Waals surface area contributed by atoms with Crippen LogP contribution in [0.2, 0.25) is 0 Å². The largest absolute Gasteiger partial charge is 0.480 e. The van der Waals surface area contributed by atoms with Crippen molar-refractivity contribution in [2.75, 3.05) is 11.9 Å². The monoisotopic (exact) mass is 316 g/mol. The second-order valence-corrected chi connectivity index (χ2v) is 6.60. The summed E-state index contributed by atoms with van der Waals surface area (Å²) in [5.74, 6) is -0.315. The van der Waals surface area contributed by atoms with Crippen molar-refractivity contribution in [3.63, 3.8) is 0 Å². The van der Waals surface area contributed by atoms with Gasteiger partial charge in [-0.15, -0.1) is 0 Å². The lowest BCUT2D eigenvalue weighted by atomic mass is 9.85. The Labute approximate surface area is 136 Å². The van der Waals surface area contributed by atoms with E-state index in [1.807, 2.05) is 30.3 Å². The van der Waals surface area contributed by atoms with Crippen LogP contribution in [0.15, 0.2) is 30.3 Å². The zero-order valence-electron chi connectivity index (χ0n) is 13.3. The fraction of sp³-hybridized carbons (Fsp3) is 0.556. The number of nitrogens with one attached hydrogen (secondary N) is 1. The topological polar surface area (TPSA) is 69.6 Å². The first-order valence-electron chi connectivity index (χ1n) is 8.48. The lowest BCUT2D eigenvalue weighted by Gasteiger charge is -2.32. The minimum absolute atomic E-state index is 0.0559. The van der Waals surface area contributed by atoms with Gasteiger partial charge in [0, 0.05) is 24.7 Å². The van der Waals surface area contributed by atoms with Crippen LogP contribution in [0.25, 0.3) is 0 Å². The number of amides is 1. The summed E-state index contributed by atoms with van der Waals surface area (Å²) in [5, 5.41) is 12.4. The molecule has 3 rings (SSSR count). The summed E-state index contributed by atoms with van der Waals surface area (Å²) in [6, 6.07) is 9.28. The average molecular weight is 316 g/mol. The van der Waals surface area contributed by atoms with E-state index in [1.54, 1.807) is 0 Å². The molecule has 0 aromatic heterocycles. The van der Waals surface area contributed by atoms with Gasteiger partial charge in [0.25, 0.3) is 0 Å². The van der Waals surface area contributed by atoms with Gasteiger partial charge in [-0.3, -0.25) is 14.5 Å². The van der Waals surface area contributed by atoms with Crippen molar-refractivity contribution in [1.82, 2.24) is 4.90 Å². The zero-order chi connectivity index (χ0) is 16.2. The molecule has 5 nitrogen and oxygen atoms in total. The molecule has 1 saturated carbocycles. The highest BCUT2D eigenvalue weighted by Crippen LogP contribution is 2.39. The van der Waals surface area contributed by atoms with Gasteiger partial charge in [-0.05, 0) is 37.3 Å². The van der Waals surface area contributed by atoms with Crippen LogP contribution in [-0.4, -0.2) is 40.5 Å². The number of carbonyl (C=O) groups is 2. The van der Waals surface area contributed by atoms with Crippen LogP contribution >= 0.6 is 0 Å². The fourth-order valence-electron chi connectivity index (χ4n) is 4.09. The van der Waals surface area contributed by atoms with E-state index < -0.39 is 12.0 Å². The highest BCUT2D eigenvalue weighted by molar-refractivity contribution is 5.90. The summed E-state index contributed by atoms with van der Waals surface area (Å²) in [5.41, 5.74) is 0.782. The summed E-state index contributed by atoms with van der Waals surface area (Å²) in [4.78, 5) is 25.7. The molecule has 3 atom stereocenters. The number of hydrogen-bond acceptors (Lipinski definition) is 3. The van der Waals surface area contributed by atoms with Gasteiger partial charge in [0.1, 0.15) is 6.04 Å². The molecule has 1 aliphatic heterocycles. The third-order valence-electron chi connectivity index (χ3n) is 5.16. The molecule has 1 aliphatic carbocycles. The van der Waals surface area contributed by atoms with Crippen molar-refractivity contribution in [2.24, 2.45) is 5.92 Å². The van der Waals surface area contributed by atoms with Crippen LogP contribution in [-0.2, 0) is 9.59 Å². The maximum Gasteiger partial charge on any atom is 0.320 e. The van der Waals surface area contributed by atoms with Gasteiger partial charge in [0.15, 0.2) is 0 Å². The van der Waals surface area contributed by atoms with Crippen molar-refractivity contribution < 1.29 is 14.7 Å². The Morgan fingerprint density at radius 2 is 1.91 bits per heavy atom. The quantitative estimate of drug-likeness (QED) is 0.876. The third kappa shape index (κ3) is 3.72. The molecule has 2 fully saturated rings. The van der Waals surface area contributed by atoms with Gasteiger partial charge < -0.3 is 10.4 Å². The van der Waals surface area contributed by atoms with E-state index in [4.69, 9.17) is 0 Å². The molecule has 1 heterocycles. The fourth-order valence-corrected chi connectivity index (χ4v) is 4.09. The number of nitrogens with zero attached hydrogens (tertiary/aromatic N) is 1. The first-order valence-corrected chi connectivity index (χ1v) is 8.48. The molecule has 0 spiro atoms. The van der Waals surface area contributed by atoms with E-state index in [1.165, 1.54) is 12.8 Å². The van der Waals surface area contributed by atoms with Gasteiger partial charge in [0.05, 0.1) is 0 Å². The maximum atomic E-state index is 12.1. The lowest BCUT2D eigenvalue weighted by Crippen LogP contribution is -2.43. The van der Waals surface area contributed by atoms with Gasteiger partial charge in [-0.2, -0.15) is 0 Å². The molecule has 1 aromatic carbocycles. The van der Waals surface area contributed by atoms with Crippen molar-refractivity contribution in [2.45, 2.75) is 50.6 Å². The number of rotatable bonds is 5. The first kappa shape index (κ1) is 16.0. The van der Waals surface area contributed by atoms with Crippen LogP contribution < -0.4 is 5.32 Å². The Balaban J connectivity index is 1.58. The molecule has 1 saturated heterocycles. The third-order valence-corrected chi connectivity index (χ3v) is 5.16. The van der Waals surface area contributed by atoms with E-state index in [-0.39, 0.29) is 5.91 Å². The number of fused-ring (bicyclic) bond motifs is 1. The number of aliphatic carboxylic acids is 1. The van der Waals surface area contributed by atoms with Crippen LogP contribution in [0.4, 0.5) is 5.69 Å². The van der Waals surface area contributed by atoms with Crippen LogP contribution in [0.1, 0.15) is 38.5 Å². The Morgan fingerprint density at radius 3 is 2.65 bits per heavy atom. The molecule has 23 heavy (non-hydrogen) atoms. The number of likely N-dealkylation sites (tertiary alicyclic amines) is 1. The minimum Gasteiger partial charge on any atom is -0.480 e. The van der Waals surface area contributed by atoms with E-state index in [0.29, 0.717) is 24.9 Å². The van der Waals surface area contributed by atoms with Crippen molar-refractivity contribution >= 4 is 17.6 Å². The zero-order valence-corrected chi connectivity index (χ0v) is 13.3. The molecule has 1 amide bonds. The second kappa shape index (κ2) is 7.13. The normalized spacial score (nSPS) is 27.4. The molecule has 2 aliphatic rings. The molecule has 2 N–H and O–H groups in total. The molecular formula is C18H24N2O3. The summed E-state index contributed by atoms with van der Waals surface area (Å²) < 4.78 is 0. The summed E-state index contributed by atoms with van der Waals surface area (Å²) in [7, 11) is 0. The molecule has 3 unspecified atom stereocenters. The van der Waals surface area contributed by atoms with E-state index in [0.717, 1.165) is 24.9 Å². The van der Waals surface area contributed by atoms with Gasteiger partial charge in [-0.25, -0.2) is 0 Å². The second-order valence-electron chi connectivity index (χ2n) is 6.60. The molecule has 0 bridgehead atoms. The van der Waals surface area contributed by atoms with Crippen molar-refractivity contribution in [3.05, 3.63) is 30.3 Å². The highest BCUT2D eigenvalue weighted by atomic mass is 16.4. The number of carboxylic acid groups (broad SMARTS) is 1. The Hall–Kier alpha value is -1.88. The minimum atomic E-state index is -0.747. The highest BCUT2D eigenvalue weighted by Gasteiger charge is 2.44. The van der Waals surface area contributed by atoms with Crippen molar-refractivity contribution in [1.29, 1.82) is 0 Å². The smallest absolute Gasteiger partial charge is 0.320 e. The first-order chi connectivity index (χ1) is 11.1. The van der Waals surface area contributed by atoms with E-state index in [9.17, 15) is 14.7 Å². The average Bonchev–Trinajstić information content (AvgIpc) is 2.93. The van der Waals surface area contributed by atoms with Crippen molar-refractivity contribution in [3.8, 4) is 0 Å². The number of anilines is 1. The molecule has 5 heteroatoms. The summed E-state index contributed by atoms with van der Waals surface area (Å²) in [6.45, 7) is 0.525. The Bertz CT molecular complexity index is 561. The lowest BCUT2D eigenvalue weighted by molar-refractivity contribution is -0.143. The summed E-state index contributed by atoms with van der Waals surface area (Å²) in [6.07, 6.45) is 5.63. The number of carboxylic acids is 1. The number of benzene rings is 1. The molecule has 0 radical (unpaired) electrons. The predicted molar refractivity (Wildman–Crippen MR) is 88.2 cm³/mol. The van der Waals surface area contributed by atoms with Gasteiger partial charge >= 0.3 is 5.97 Å². The summed E-state index contributed by atoms with van der Waals surface area (Å²) >= 11 is 0. The maximum absolute atomic E-state index is 12.1. The van der Waals surface area contributed by atoms with Gasteiger partial charge in [0.2, 0.25) is 5.91 Å². The number of para-hydroxylation sites is 1. The predicted octanol–water partition coefficient (Wildman–Crippen LogP) is 2.73. The number of carbonyl (C=O) groups excluding carboxylic acids is 1. The molecule has 124 valence electrons. The van der Waals surface area contributed by atoms with Gasteiger partial charge in [-0.1, -0.05) is 31.0 Å². The van der Waals surface area contributed by atoms with Crippen LogP contribution in [0.3, 0.4) is 0 Å². The van der Waals surface area contributed by atoms with E-state index >= 15 is 0 Å². The van der Waals surface area contributed by atoms with Crippen LogP contribution in [0, 0.1) is 5.92 Å². The number of hydrogen-bond donors (Lipinski definition) is 2. The molecular weight excluding hydrogens is 292 g/mol. The van der Waals surface area contributed by atoms with E-state index in [2.05, 4.69) is 10.2 Å². The Morgan fingerprint density at radius 1 is 1.17 bits per heavy atom. The SMILES string of the molecule is O=C(CCN1C(C(=O)O)CC2CCCCC21)Nc1ccccc1. The Kier molecular flexibility index (Phi) is 4.96. The standard InChI is InChI=1S/C18H24N2O3/c21-17(19-14-7-2-1-3-8-14)10-11-20-15-9-5-4-6-13(15)12-16(20)18(22)23/h1-3,7-8,13,15-16H,4-6,9-12H2,(H,19,21)(H,22,23). The molecule has 1 aromatic rings.